The third-order valence-corrected chi connectivity index (χ3v) is 4.28. The Labute approximate surface area is 159 Å². The summed E-state index contributed by atoms with van der Waals surface area (Å²) < 4.78 is 11.1. The van der Waals surface area contributed by atoms with Gasteiger partial charge in [-0.05, 0) is 19.2 Å². The minimum atomic E-state index is -0.560. The number of anilines is 2. The van der Waals surface area contributed by atoms with Crippen LogP contribution < -0.4 is 20.3 Å². The molecular formula is C19H27N5O3. The van der Waals surface area contributed by atoms with Crippen molar-refractivity contribution in [3.8, 4) is 17.1 Å². The van der Waals surface area contributed by atoms with Crippen LogP contribution in [-0.2, 0) is 4.74 Å². The Balaban J connectivity index is 1.81. The van der Waals surface area contributed by atoms with Gasteiger partial charge in [-0.25, -0.2) is 9.97 Å². The van der Waals surface area contributed by atoms with Crippen molar-refractivity contribution in [3.63, 3.8) is 0 Å². The summed E-state index contributed by atoms with van der Waals surface area (Å²) in [5, 5.41) is 15.8. The molecule has 1 aliphatic rings. The van der Waals surface area contributed by atoms with Crippen molar-refractivity contribution >= 4 is 11.6 Å². The lowest BCUT2D eigenvalue weighted by Gasteiger charge is -2.28. The summed E-state index contributed by atoms with van der Waals surface area (Å²) in [5.74, 6) is 2.94. The number of likely N-dealkylation sites (N-methyl/N-ethyl adjacent to an activating group) is 1. The smallest absolute Gasteiger partial charge is 0.163 e. The highest BCUT2D eigenvalue weighted by Gasteiger charge is 2.16. The minimum absolute atomic E-state index is 0.223. The molecule has 1 aromatic heterocycles. The Morgan fingerprint density at radius 2 is 2.04 bits per heavy atom. The molecule has 1 atom stereocenters. The molecule has 2 heterocycles. The third-order valence-electron chi connectivity index (χ3n) is 4.28. The second-order valence-electron chi connectivity index (χ2n) is 6.33. The summed E-state index contributed by atoms with van der Waals surface area (Å²) in [7, 11) is 3.64. The summed E-state index contributed by atoms with van der Waals surface area (Å²) in [6.45, 7) is 3.73. The number of aliphatic hydroxyl groups is 1. The third kappa shape index (κ3) is 5.29. The first-order chi connectivity index (χ1) is 13.2. The number of morpholine rings is 1. The van der Waals surface area contributed by atoms with E-state index in [1.165, 1.54) is 0 Å². The highest BCUT2D eigenvalue weighted by Crippen LogP contribution is 2.25. The molecule has 0 saturated carbocycles. The Morgan fingerprint density at radius 1 is 1.22 bits per heavy atom. The van der Waals surface area contributed by atoms with Gasteiger partial charge in [-0.15, -0.1) is 0 Å². The van der Waals surface area contributed by atoms with Crippen LogP contribution in [0.5, 0.6) is 5.75 Å². The number of rotatable bonds is 8. The van der Waals surface area contributed by atoms with Gasteiger partial charge in [-0.2, -0.15) is 0 Å². The summed E-state index contributed by atoms with van der Waals surface area (Å²) in [4.78, 5) is 11.5. The fourth-order valence-corrected chi connectivity index (χ4v) is 2.86. The molecule has 27 heavy (non-hydrogen) atoms. The minimum Gasteiger partial charge on any atom is -0.491 e. The zero-order valence-electron chi connectivity index (χ0n) is 15.8. The van der Waals surface area contributed by atoms with Gasteiger partial charge < -0.3 is 30.1 Å². The summed E-state index contributed by atoms with van der Waals surface area (Å²) in [6, 6.07) is 9.56. The van der Waals surface area contributed by atoms with E-state index < -0.39 is 6.10 Å². The standard InChI is InChI=1S/C19H27N5O3/c1-20-12-15(25)13-27-16-5-3-4-14(10-16)19-22-17(21-2)11-18(23-19)24-6-8-26-9-7-24/h3-5,10-11,15,20,25H,6-9,12-13H2,1-2H3,(H,21,22,23). The van der Waals surface area contributed by atoms with E-state index in [2.05, 4.69) is 20.5 Å². The Bertz CT molecular complexity index is 737. The van der Waals surface area contributed by atoms with Crippen LogP contribution in [0.2, 0.25) is 0 Å². The molecule has 8 heteroatoms. The first kappa shape index (κ1) is 19.3. The number of ether oxygens (including phenoxy) is 2. The van der Waals surface area contributed by atoms with Gasteiger partial charge in [0.2, 0.25) is 0 Å². The second-order valence-corrected chi connectivity index (χ2v) is 6.33. The maximum Gasteiger partial charge on any atom is 0.163 e. The number of nitrogens with one attached hydrogen (secondary N) is 2. The zero-order valence-corrected chi connectivity index (χ0v) is 15.8. The van der Waals surface area contributed by atoms with Crippen molar-refractivity contribution < 1.29 is 14.6 Å². The second kappa shape index (κ2) is 9.50. The number of aliphatic hydroxyl groups excluding tert-OH is 1. The van der Waals surface area contributed by atoms with Crippen molar-refractivity contribution in [1.29, 1.82) is 0 Å². The lowest BCUT2D eigenvalue weighted by Crippen LogP contribution is -2.36. The summed E-state index contributed by atoms with van der Waals surface area (Å²) in [6.07, 6.45) is -0.560. The fourth-order valence-electron chi connectivity index (χ4n) is 2.86. The maximum atomic E-state index is 9.81. The molecule has 0 amide bonds. The van der Waals surface area contributed by atoms with Crippen LogP contribution in [0, 0.1) is 0 Å². The predicted molar refractivity (Wildman–Crippen MR) is 105 cm³/mol. The average Bonchev–Trinajstić information content (AvgIpc) is 2.73. The van der Waals surface area contributed by atoms with Gasteiger partial charge in [0.05, 0.1) is 13.2 Å². The van der Waals surface area contributed by atoms with Crippen LogP contribution in [0.3, 0.4) is 0 Å². The molecule has 1 unspecified atom stereocenters. The zero-order chi connectivity index (χ0) is 19.1. The SMILES string of the molecule is CNCC(O)COc1cccc(-c2nc(NC)cc(N3CCOCC3)n2)c1. The van der Waals surface area contributed by atoms with Crippen LogP contribution in [0.25, 0.3) is 11.4 Å². The Hall–Kier alpha value is -2.42. The fraction of sp³-hybridized carbons (Fsp3) is 0.474. The summed E-state index contributed by atoms with van der Waals surface area (Å²) in [5.41, 5.74) is 0.863. The van der Waals surface area contributed by atoms with E-state index in [4.69, 9.17) is 14.5 Å². The molecule has 0 spiro atoms. The topological polar surface area (TPSA) is 91.8 Å². The van der Waals surface area contributed by atoms with E-state index in [1.54, 1.807) is 7.05 Å². The highest BCUT2D eigenvalue weighted by atomic mass is 16.5. The van der Waals surface area contributed by atoms with Gasteiger partial charge in [0.1, 0.15) is 30.1 Å². The van der Waals surface area contributed by atoms with Crippen LogP contribution in [0.15, 0.2) is 30.3 Å². The highest BCUT2D eigenvalue weighted by molar-refractivity contribution is 5.63. The molecule has 0 radical (unpaired) electrons. The van der Waals surface area contributed by atoms with E-state index >= 15 is 0 Å². The molecule has 2 aromatic rings. The molecule has 1 saturated heterocycles. The number of hydrogen-bond acceptors (Lipinski definition) is 8. The van der Waals surface area contributed by atoms with Crippen molar-refractivity contribution in [1.82, 2.24) is 15.3 Å². The van der Waals surface area contributed by atoms with E-state index in [1.807, 2.05) is 37.4 Å². The number of aromatic nitrogens is 2. The van der Waals surface area contributed by atoms with E-state index in [0.717, 1.165) is 30.3 Å². The van der Waals surface area contributed by atoms with Gasteiger partial charge in [0.25, 0.3) is 0 Å². The Morgan fingerprint density at radius 3 is 2.78 bits per heavy atom. The van der Waals surface area contributed by atoms with Gasteiger partial charge in [-0.1, -0.05) is 12.1 Å². The number of nitrogens with zero attached hydrogens (tertiary/aromatic N) is 3. The van der Waals surface area contributed by atoms with Crippen molar-refractivity contribution in [2.75, 3.05) is 63.8 Å². The molecule has 1 aromatic carbocycles. The monoisotopic (exact) mass is 373 g/mol. The predicted octanol–water partition coefficient (Wildman–Crippen LogP) is 0.981. The normalized spacial score (nSPS) is 15.4. The lowest BCUT2D eigenvalue weighted by molar-refractivity contribution is 0.108. The van der Waals surface area contributed by atoms with Crippen molar-refractivity contribution in [3.05, 3.63) is 30.3 Å². The Kier molecular flexibility index (Phi) is 6.80. The lowest BCUT2D eigenvalue weighted by atomic mass is 10.2. The molecular weight excluding hydrogens is 346 g/mol. The largest absolute Gasteiger partial charge is 0.491 e. The molecule has 3 rings (SSSR count). The van der Waals surface area contributed by atoms with Crippen molar-refractivity contribution in [2.24, 2.45) is 0 Å². The first-order valence-electron chi connectivity index (χ1n) is 9.15. The van der Waals surface area contributed by atoms with Crippen LogP contribution in [0.1, 0.15) is 0 Å². The van der Waals surface area contributed by atoms with E-state index in [-0.39, 0.29) is 6.61 Å². The summed E-state index contributed by atoms with van der Waals surface area (Å²) >= 11 is 0. The molecule has 8 nitrogen and oxygen atoms in total. The van der Waals surface area contributed by atoms with Crippen LogP contribution in [0.4, 0.5) is 11.6 Å². The van der Waals surface area contributed by atoms with Crippen molar-refractivity contribution in [2.45, 2.75) is 6.10 Å². The van der Waals surface area contributed by atoms with E-state index in [0.29, 0.717) is 31.3 Å². The van der Waals surface area contributed by atoms with E-state index in [9.17, 15) is 5.11 Å². The molecule has 1 fully saturated rings. The molecule has 3 N–H and O–H groups in total. The first-order valence-corrected chi connectivity index (χ1v) is 9.15. The molecule has 146 valence electrons. The van der Waals surface area contributed by atoms with Crippen LogP contribution in [-0.4, -0.2) is 74.7 Å². The average molecular weight is 373 g/mol. The van der Waals surface area contributed by atoms with Gasteiger partial charge in [0, 0.05) is 38.3 Å². The number of benzene rings is 1. The van der Waals surface area contributed by atoms with Gasteiger partial charge >= 0.3 is 0 Å². The van der Waals surface area contributed by atoms with Gasteiger partial charge in [0.15, 0.2) is 5.82 Å². The molecule has 0 bridgehead atoms. The molecule has 1 aliphatic heterocycles. The van der Waals surface area contributed by atoms with Crippen LogP contribution >= 0.6 is 0 Å². The quantitative estimate of drug-likeness (QED) is 0.631. The number of hydrogen-bond donors (Lipinski definition) is 3. The molecule has 0 aliphatic carbocycles. The maximum absolute atomic E-state index is 9.81. The van der Waals surface area contributed by atoms with Gasteiger partial charge in [-0.3, -0.25) is 0 Å².